The second-order valence-electron chi connectivity index (χ2n) is 7.49. The maximum absolute atomic E-state index is 12.0. The van der Waals surface area contributed by atoms with Crippen molar-refractivity contribution in [2.45, 2.75) is 70.7 Å². The molecular weight excluding hydrogens is 420 g/mol. The number of ether oxygens (including phenoxy) is 1. The van der Waals surface area contributed by atoms with E-state index in [1.54, 1.807) is 6.92 Å². The van der Waals surface area contributed by atoms with Gasteiger partial charge in [0.2, 0.25) is 0 Å². The highest BCUT2D eigenvalue weighted by Gasteiger charge is 2.21. The fraction of sp³-hybridized carbons (Fsp3) is 0.636. The van der Waals surface area contributed by atoms with E-state index in [9.17, 15) is 9.59 Å². The van der Waals surface area contributed by atoms with Crippen molar-refractivity contribution < 1.29 is 19.4 Å². The topological polar surface area (TPSA) is 87.7 Å². The number of rotatable bonds is 11. The molecule has 1 unspecified atom stereocenters. The number of aliphatic hydroxyl groups excluding tert-OH is 1. The molecule has 0 saturated carbocycles. The molecule has 8 heteroatoms. The van der Waals surface area contributed by atoms with Crippen molar-refractivity contribution in [3.8, 4) is 0 Å². The summed E-state index contributed by atoms with van der Waals surface area (Å²) in [6, 6.07) is 7.57. The molecule has 1 atom stereocenters. The minimum atomic E-state index is -0.331. The molecule has 0 spiro atoms. The Balaban J connectivity index is 0. The molecule has 1 aromatic rings. The SMILES string of the molecule is CC(C)C.CCOC(=O)C(CC(C)C)NSc1cccc(SNCC(C)=O)c1.CO. The molecule has 0 bridgehead atoms. The van der Waals surface area contributed by atoms with Gasteiger partial charge in [0.1, 0.15) is 11.8 Å². The first-order valence-corrected chi connectivity index (χ1v) is 11.8. The second kappa shape index (κ2) is 19.9. The van der Waals surface area contributed by atoms with Gasteiger partial charge in [0.25, 0.3) is 0 Å². The number of hydrogen-bond donors (Lipinski definition) is 3. The quantitative estimate of drug-likeness (QED) is 0.323. The van der Waals surface area contributed by atoms with Gasteiger partial charge in [-0.25, -0.2) is 4.72 Å². The molecule has 0 fully saturated rings. The van der Waals surface area contributed by atoms with Gasteiger partial charge in [0, 0.05) is 16.9 Å². The molecule has 30 heavy (non-hydrogen) atoms. The van der Waals surface area contributed by atoms with Crippen LogP contribution in [0.25, 0.3) is 0 Å². The van der Waals surface area contributed by atoms with Crippen molar-refractivity contribution in [1.29, 1.82) is 0 Å². The number of esters is 1. The Morgan fingerprint density at radius 2 is 1.60 bits per heavy atom. The molecule has 0 radical (unpaired) electrons. The van der Waals surface area contributed by atoms with Crippen molar-refractivity contribution in [3.63, 3.8) is 0 Å². The number of aliphatic hydroxyl groups is 1. The van der Waals surface area contributed by atoms with Gasteiger partial charge in [-0.3, -0.25) is 14.3 Å². The molecule has 174 valence electrons. The maximum Gasteiger partial charge on any atom is 0.323 e. The number of carbonyl (C=O) groups excluding carboxylic acids is 2. The molecule has 0 aliphatic carbocycles. The number of nitrogens with one attached hydrogen (secondary N) is 2. The Kier molecular flexibility index (Phi) is 20.6. The van der Waals surface area contributed by atoms with Gasteiger partial charge in [-0.1, -0.05) is 40.7 Å². The van der Waals surface area contributed by atoms with Gasteiger partial charge in [-0.15, -0.1) is 0 Å². The third kappa shape index (κ3) is 18.9. The average molecular weight is 461 g/mol. The van der Waals surface area contributed by atoms with Crippen LogP contribution in [0.4, 0.5) is 0 Å². The smallest absolute Gasteiger partial charge is 0.323 e. The zero-order chi connectivity index (χ0) is 23.5. The summed E-state index contributed by atoms with van der Waals surface area (Å²) in [7, 11) is 1.00. The summed E-state index contributed by atoms with van der Waals surface area (Å²) >= 11 is 2.84. The zero-order valence-corrected chi connectivity index (χ0v) is 21.3. The van der Waals surface area contributed by atoms with E-state index in [0.29, 0.717) is 19.1 Å². The minimum Gasteiger partial charge on any atom is -0.465 e. The van der Waals surface area contributed by atoms with E-state index < -0.39 is 0 Å². The maximum atomic E-state index is 12.0. The summed E-state index contributed by atoms with van der Waals surface area (Å²) < 4.78 is 11.4. The summed E-state index contributed by atoms with van der Waals surface area (Å²) in [6.07, 6.45) is 0.723. The lowest BCUT2D eigenvalue weighted by atomic mass is 10.1. The number of ketones is 1. The molecule has 1 aromatic carbocycles. The van der Waals surface area contributed by atoms with Crippen LogP contribution in [0.3, 0.4) is 0 Å². The summed E-state index contributed by atoms with van der Waals surface area (Å²) in [4.78, 5) is 25.0. The van der Waals surface area contributed by atoms with Gasteiger partial charge in [0.05, 0.1) is 13.2 Å². The Hall–Kier alpha value is -1.06. The number of Topliss-reactive ketones (excluding diaryl/α,β-unsaturated/α-hetero) is 1. The predicted molar refractivity (Wildman–Crippen MR) is 129 cm³/mol. The van der Waals surface area contributed by atoms with E-state index in [1.165, 1.54) is 23.9 Å². The Bertz CT molecular complexity index is 581. The largest absolute Gasteiger partial charge is 0.465 e. The summed E-state index contributed by atoms with van der Waals surface area (Å²) in [5.41, 5.74) is 0. The van der Waals surface area contributed by atoms with Gasteiger partial charge < -0.3 is 9.84 Å². The molecule has 1 rings (SSSR count). The second-order valence-corrected chi connectivity index (χ2v) is 9.36. The highest BCUT2D eigenvalue weighted by Crippen LogP contribution is 2.23. The van der Waals surface area contributed by atoms with E-state index in [2.05, 4.69) is 44.1 Å². The summed E-state index contributed by atoms with van der Waals surface area (Å²) in [5, 5.41) is 7.00. The van der Waals surface area contributed by atoms with Crippen LogP contribution in [-0.4, -0.2) is 43.2 Å². The van der Waals surface area contributed by atoms with Crippen LogP contribution in [0, 0.1) is 11.8 Å². The number of hydrogen-bond acceptors (Lipinski definition) is 8. The van der Waals surface area contributed by atoms with Gasteiger partial charge in [-0.2, -0.15) is 0 Å². The van der Waals surface area contributed by atoms with E-state index in [4.69, 9.17) is 9.84 Å². The zero-order valence-electron chi connectivity index (χ0n) is 19.7. The molecule has 3 N–H and O–H groups in total. The lowest BCUT2D eigenvalue weighted by Gasteiger charge is -2.18. The van der Waals surface area contributed by atoms with E-state index in [1.807, 2.05) is 31.2 Å². The molecule has 6 nitrogen and oxygen atoms in total. The molecular formula is C22H40N2O4S2. The molecule has 0 aliphatic heterocycles. The van der Waals surface area contributed by atoms with Crippen LogP contribution in [0.2, 0.25) is 0 Å². The fourth-order valence-electron chi connectivity index (χ4n) is 1.87. The highest BCUT2D eigenvalue weighted by atomic mass is 32.2. The summed E-state index contributed by atoms with van der Waals surface area (Å²) in [5.74, 6) is 1.11. The normalized spacial score (nSPS) is 11.2. The highest BCUT2D eigenvalue weighted by molar-refractivity contribution is 7.98. The first-order chi connectivity index (χ1) is 14.1. The third-order valence-corrected chi connectivity index (χ3v) is 4.58. The Morgan fingerprint density at radius 1 is 1.07 bits per heavy atom. The minimum absolute atomic E-state index is 0.0978. The lowest BCUT2D eigenvalue weighted by molar-refractivity contribution is -0.145. The molecule has 0 heterocycles. The van der Waals surface area contributed by atoms with Crippen molar-refractivity contribution in [2.75, 3.05) is 20.3 Å². The van der Waals surface area contributed by atoms with Crippen LogP contribution < -0.4 is 9.44 Å². The van der Waals surface area contributed by atoms with Crippen LogP contribution in [0.15, 0.2) is 34.1 Å². The van der Waals surface area contributed by atoms with E-state index in [-0.39, 0.29) is 17.8 Å². The van der Waals surface area contributed by atoms with Crippen LogP contribution in [0.5, 0.6) is 0 Å². The standard InChI is InChI=1S/C17H26N2O3S2.C4H10.CH4O/c1-5-22-17(21)16(9-12(2)3)19-24-15-8-6-7-14(10-15)23-18-11-13(4)20;1-4(2)3;1-2/h6-8,10,12,16,18-19H,5,9,11H2,1-4H3;4H,1-3H3;2H,1H3. The molecule has 0 aromatic heterocycles. The monoisotopic (exact) mass is 460 g/mol. The molecule has 0 amide bonds. The number of carbonyl (C=O) groups is 2. The first-order valence-electron chi connectivity index (χ1n) is 10.2. The summed E-state index contributed by atoms with van der Waals surface area (Å²) in [6.45, 7) is 14.7. The average Bonchev–Trinajstić information content (AvgIpc) is 2.66. The lowest BCUT2D eigenvalue weighted by Crippen LogP contribution is -2.35. The molecule has 0 saturated heterocycles. The van der Waals surface area contributed by atoms with Crippen molar-refractivity contribution in [2.24, 2.45) is 11.8 Å². The molecule has 0 aliphatic rings. The van der Waals surface area contributed by atoms with Crippen LogP contribution in [0.1, 0.15) is 54.9 Å². The van der Waals surface area contributed by atoms with Crippen molar-refractivity contribution >= 4 is 35.6 Å². The van der Waals surface area contributed by atoms with Crippen LogP contribution >= 0.6 is 23.9 Å². The fourth-order valence-corrected chi connectivity index (χ4v) is 3.52. The predicted octanol–water partition coefficient (Wildman–Crippen LogP) is 4.72. The first kappa shape index (κ1) is 31.1. The van der Waals surface area contributed by atoms with Crippen LogP contribution in [-0.2, 0) is 14.3 Å². The van der Waals surface area contributed by atoms with Gasteiger partial charge >= 0.3 is 5.97 Å². The third-order valence-electron chi connectivity index (χ3n) is 2.91. The van der Waals surface area contributed by atoms with Gasteiger partial charge in [-0.05, 0) is 74.2 Å². The van der Waals surface area contributed by atoms with E-state index in [0.717, 1.165) is 29.2 Å². The van der Waals surface area contributed by atoms with Gasteiger partial charge in [0.15, 0.2) is 0 Å². The Morgan fingerprint density at radius 3 is 2.07 bits per heavy atom. The Labute approximate surface area is 191 Å². The van der Waals surface area contributed by atoms with Crippen molar-refractivity contribution in [1.82, 2.24) is 9.44 Å². The number of benzene rings is 1. The van der Waals surface area contributed by atoms with Crippen molar-refractivity contribution in [3.05, 3.63) is 24.3 Å². The van der Waals surface area contributed by atoms with E-state index >= 15 is 0 Å².